The van der Waals surface area contributed by atoms with Crippen molar-refractivity contribution in [3.63, 3.8) is 0 Å². The zero-order valence-corrected chi connectivity index (χ0v) is 76.6. The molecule has 9 aromatic heterocycles. The molecule has 0 unspecified atom stereocenters. The van der Waals surface area contributed by atoms with Crippen molar-refractivity contribution in [2.24, 2.45) is 9.98 Å². The van der Waals surface area contributed by atoms with Crippen molar-refractivity contribution in [1.82, 2.24) is 117 Å². The number of aromatic amines is 1. The lowest BCUT2D eigenvalue weighted by Crippen LogP contribution is -2.41. The van der Waals surface area contributed by atoms with E-state index in [2.05, 4.69) is 268 Å². The number of fused-ring (bicyclic) bond motifs is 7. The van der Waals surface area contributed by atoms with Crippen LogP contribution in [0.25, 0.3) is 99.0 Å². The van der Waals surface area contributed by atoms with Crippen LogP contribution >= 0.6 is 0 Å². The first-order valence-electron chi connectivity index (χ1n) is 46.7. The Morgan fingerprint density at radius 1 is 0.470 bits per heavy atom. The number of hydrogen-bond donors (Lipinski definition) is 9. The highest BCUT2D eigenvalue weighted by molar-refractivity contribution is 6.01. The zero-order valence-electron chi connectivity index (χ0n) is 76.6. The second-order valence-electron chi connectivity index (χ2n) is 35.6. The maximum atomic E-state index is 12.9. The molecule has 0 spiro atoms. The molecule has 0 radical (unpaired) electrons. The van der Waals surface area contributed by atoms with Gasteiger partial charge in [-0.3, -0.25) is 19.9 Å². The van der Waals surface area contributed by atoms with E-state index in [-0.39, 0.29) is 5.91 Å². The molecular formula is C102H115N31O. The van der Waals surface area contributed by atoms with Crippen molar-refractivity contribution in [2.45, 2.75) is 101 Å². The van der Waals surface area contributed by atoms with E-state index < -0.39 is 0 Å². The van der Waals surface area contributed by atoms with Gasteiger partial charge in [0.2, 0.25) is 17.8 Å². The second kappa shape index (κ2) is 41.1. The van der Waals surface area contributed by atoms with Gasteiger partial charge in [-0.25, -0.2) is 54.4 Å². The van der Waals surface area contributed by atoms with Crippen LogP contribution in [0.1, 0.15) is 86.6 Å². The van der Waals surface area contributed by atoms with Gasteiger partial charge in [0.05, 0.1) is 86.7 Å². The first-order chi connectivity index (χ1) is 65.6. The number of hydrogen-bond acceptors (Lipinski definition) is 29. The van der Waals surface area contributed by atoms with Gasteiger partial charge in [0, 0.05) is 160 Å². The third kappa shape index (κ3) is 20.9. The molecule has 0 atom stereocenters. The van der Waals surface area contributed by atoms with Gasteiger partial charge in [-0.15, -0.1) is 5.10 Å². The number of aliphatic imine (C=N–C) groups is 2. The summed E-state index contributed by atoms with van der Waals surface area (Å²) in [7, 11) is 10.1. The van der Waals surface area contributed by atoms with E-state index >= 15 is 0 Å². The molecule has 684 valence electrons. The minimum atomic E-state index is -0.142. The third-order valence-electron chi connectivity index (χ3n) is 26.8. The predicted octanol–water partition coefficient (Wildman–Crippen LogP) is 13.0. The largest absolute Gasteiger partial charge is 0.367 e. The number of carbonyl (C=O) groups is 1. The normalized spacial score (nSPS) is 17.3. The summed E-state index contributed by atoms with van der Waals surface area (Å²) in [4.78, 5) is 81.3. The Hall–Kier alpha value is -14.4. The molecule has 5 saturated heterocycles. The zero-order chi connectivity index (χ0) is 91.4. The highest BCUT2D eigenvalue weighted by atomic mass is 16.2. The molecule has 9 aliphatic heterocycles. The average molecular weight is 1790 g/mol. The summed E-state index contributed by atoms with van der Waals surface area (Å²) < 4.78 is 1.78. The topological polar surface area (TPSA) is 345 Å². The molecule has 5 fully saturated rings. The quantitative estimate of drug-likeness (QED) is 0.0434. The molecule has 32 heteroatoms. The summed E-state index contributed by atoms with van der Waals surface area (Å²) in [5.41, 5.74) is 20.1. The molecule has 18 heterocycles. The third-order valence-corrected chi connectivity index (χ3v) is 26.8. The van der Waals surface area contributed by atoms with Crippen LogP contribution in [-0.2, 0) is 0 Å². The number of piperidine rings is 5. The minimum absolute atomic E-state index is 0.142. The number of dihydropyridines is 1. The molecule has 9 aliphatic rings. The summed E-state index contributed by atoms with van der Waals surface area (Å²) in [6.07, 6.45) is 36.9. The molecule has 5 aromatic carbocycles. The van der Waals surface area contributed by atoms with Crippen LogP contribution in [-0.4, -0.2) is 249 Å². The van der Waals surface area contributed by atoms with Gasteiger partial charge in [-0.2, -0.15) is 5.10 Å². The lowest BCUT2D eigenvalue weighted by atomic mass is 10.0. The van der Waals surface area contributed by atoms with Crippen LogP contribution < -0.4 is 67.0 Å². The van der Waals surface area contributed by atoms with Crippen molar-refractivity contribution < 1.29 is 4.79 Å². The van der Waals surface area contributed by atoms with Crippen LogP contribution in [0.15, 0.2) is 247 Å². The van der Waals surface area contributed by atoms with E-state index in [4.69, 9.17) is 29.9 Å². The number of anilines is 6. The van der Waals surface area contributed by atoms with Crippen molar-refractivity contribution in [2.75, 3.05) is 150 Å². The Morgan fingerprint density at radius 3 is 1.63 bits per heavy atom. The minimum Gasteiger partial charge on any atom is -0.367 e. The second-order valence-corrected chi connectivity index (χ2v) is 35.6. The number of carbonyl (C=O) groups excluding carboxylic acids is 1. The number of rotatable bonds is 16. The fourth-order valence-corrected chi connectivity index (χ4v) is 18.5. The standard InChI is InChI=1S/C21H25N7O.C21H22N6.C20H21N7.C20H24N6.C20H23N5/c1-14-23-11-17(12-24-14)28(3)21(29)15-4-5-18-19(10-15)25-13-20(26-18)27(2)16-6-8-22-9-7-16;1-27(18-6-8-22-9-7-18)21-23-12-17-10-14(4-5-19(17)25-21)15-2-3-16-13-24-26-20(16)11-15;1-26(17-6-8-21-9-7-17)20-22-11-16-10-14(3-5-19(16)24-20)15-2-4-18-12-23-25-27(18)13-15;1-3-19(23-16-5-8-21-9-6-16)24-17-2-4-20(25-18(1)17)26-10-7-14-11-22-12-15(14)13-26;1-14-3-4-16(12-22-14)15-5-6-19-17(11-15)13-23-20(24-19)25(2)18-7-9-21-10-8-18/h4-5,10-13,16,22-23H,1,6-9H2,2-3H3;2-5,10-13,18,22H,6-9H2,1H3,(H,24,26);2-5,10-13,17,21H,6-9H2,1H3;1-4,12,16,21H,5-11,13H2,(H,23,24);3-6,11-13,18,21-22H,1,7-10H2,2H3. The molecule has 0 bridgehead atoms. The summed E-state index contributed by atoms with van der Waals surface area (Å²) in [5.74, 6) is 5.65. The molecule has 134 heavy (non-hydrogen) atoms. The maximum absolute atomic E-state index is 12.9. The van der Waals surface area contributed by atoms with Crippen LogP contribution in [0, 0.1) is 0 Å². The van der Waals surface area contributed by atoms with Crippen molar-refractivity contribution in [3.8, 4) is 22.3 Å². The lowest BCUT2D eigenvalue weighted by molar-refractivity contribution is 0.0843. The van der Waals surface area contributed by atoms with E-state index in [9.17, 15) is 4.79 Å². The average Bonchev–Trinajstić information content (AvgIpc) is 1.71. The van der Waals surface area contributed by atoms with Crippen LogP contribution in [0.4, 0.5) is 35.3 Å². The van der Waals surface area contributed by atoms with Gasteiger partial charge in [-0.05, 0) is 272 Å². The monoisotopic (exact) mass is 1790 g/mol. The molecule has 14 aromatic rings. The summed E-state index contributed by atoms with van der Waals surface area (Å²) >= 11 is 0. The van der Waals surface area contributed by atoms with E-state index in [0.29, 0.717) is 52.8 Å². The first kappa shape index (κ1) is 88.8. The Balaban J connectivity index is 0.000000108. The van der Waals surface area contributed by atoms with E-state index in [0.717, 1.165) is 296 Å². The highest BCUT2D eigenvalue weighted by Crippen LogP contribution is 2.34. The summed E-state index contributed by atoms with van der Waals surface area (Å²) in [6.45, 7) is 21.0. The van der Waals surface area contributed by atoms with Crippen LogP contribution in [0.3, 0.4) is 0 Å². The Morgan fingerprint density at radius 2 is 1.01 bits per heavy atom. The number of nitrogens with one attached hydrogen (secondary N) is 9. The van der Waals surface area contributed by atoms with Crippen molar-refractivity contribution >= 4 is 130 Å². The van der Waals surface area contributed by atoms with E-state index in [1.54, 1.807) is 48.5 Å². The molecule has 23 rings (SSSR count). The van der Waals surface area contributed by atoms with E-state index in [1.807, 2.05) is 61.6 Å². The summed E-state index contributed by atoms with van der Waals surface area (Å²) in [5, 5.41) is 46.0. The number of amides is 1. The number of nitrogens with zero attached hydrogens (tertiary/aromatic N) is 22. The molecule has 0 saturated carbocycles. The van der Waals surface area contributed by atoms with Gasteiger partial charge in [0.25, 0.3) is 5.91 Å². The van der Waals surface area contributed by atoms with E-state index in [1.165, 1.54) is 16.0 Å². The van der Waals surface area contributed by atoms with Crippen molar-refractivity contribution in [3.05, 3.63) is 248 Å². The predicted molar refractivity (Wildman–Crippen MR) is 539 cm³/mol. The maximum Gasteiger partial charge on any atom is 0.258 e. The van der Waals surface area contributed by atoms with Gasteiger partial charge in [-0.1, -0.05) is 60.8 Å². The number of allylic oxidation sites excluding steroid dienone is 4. The molecule has 32 nitrogen and oxygen atoms in total. The van der Waals surface area contributed by atoms with Crippen LogP contribution in [0.5, 0.6) is 0 Å². The number of benzene rings is 5. The first-order valence-corrected chi connectivity index (χ1v) is 46.7. The van der Waals surface area contributed by atoms with Gasteiger partial charge in [0.1, 0.15) is 23.3 Å². The highest BCUT2D eigenvalue weighted by Gasteiger charge is 2.28. The Labute approximate surface area is 779 Å². The Bertz CT molecular complexity index is 6650. The fourth-order valence-electron chi connectivity index (χ4n) is 18.5. The Kier molecular flexibility index (Phi) is 27.3. The molecular weight excluding hydrogens is 1680 g/mol. The molecule has 0 aliphatic carbocycles. The van der Waals surface area contributed by atoms with Crippen LogP contribution in [0.2, 0.25) is 0 Å². The summed E-state index contributed by atoms with van der Waals surface area (Å²) in [6, 6.07) is 45.7. The SMILES string of the molecule is C1=NCC2=C1CN(c1ccc3nc(NC4CCNCC4)ccc3n1)CC2.C=C1C=CC(c2ccc3nc(N(C)C4CCNCC4)ncc3c2)=CN1.C=C1N=CC(N(C)C(=O)c2ccc3nc(N(C)C4CCNCC4)cnc3c2)=CN1.CN(c1ncc2cc(-c3ccc4cn[nH]c4c3)ccc2n1)C1CCNCC1.CN(c1ncc2cc(-c3ccc4cnnn4c3)ccc2n1)C1CCNCC1. The molecule has 1 amide bonds. The number of pyridine rings is 3. The van der Waals surface area contributed by atoms with Gasteiger partial charge < -0.3 is 71.9 Å². The molecule has 9 N–H and O–H groups in total. The van der Waals surface area contributed by atoms with Gasteiger partial charge >= 0.3 is 0 Å². The lowest BCUT2D eigenvalue weighted by Gasteiger charge is -2.32. The van der Waals surface area contributed by atoms with Gasteiger partial charge in [0.15, 0.2) is 0 Å². The number of H-pyrrole nitrogens is 1. The number of aromatic nitrogens is 15. The van der Waals surface area contributed by atoms with Crippen molar-refractivity contribution in [1.29, 1.82) is 0 Å². The fraction of sp³-hybridized carbons (Fsp3) is 0.333. The smallest absolute Gasteiger partial charge is 0.258 e.